The monoisotopic (exact) mass is 446 g/mol. The van der Waals surface area contributed by atoms with E-state index in [0.717, 1.165) is 39.2 Å². The predicted octanol–water partition coefficient (Wildman–Crippen LogP) is 7.51. The lowest BCUT2D eigenvalue weighted by molar-refractivity contribution is 1.16. The fourth-order valence-electron chi connectivity index (χ4n) is 5.42. The van der Waals surface area contributed by atoms with E-state index < -0.39 is 0 Å². The van der Waals surface area contributed by atoms with Crippen molar-refractivity contribution in [3.8, 4) is 22.5 Å². The van der Waals surface area contributed by atoms with Crippen LogP contribution in [0.1, 0.15) is 0 Å². The number of hydrogen-bond donors (Lipinski definition) is 0. The highest BCUT2D eigenvalue weighted by molar-refractivity contribution is 6.23. The van der Waals surface area contributed by atoms with E-state index in [-0.39, 0.29) is 0 Å². The molecule has 0 amide bonds. The molecular weight excluding hydrogens is 428 g/mol. The zero-order chi connectivity index (χ0) is 22.9. The molecule has 0 N–H and O–H groups in total. The van der Waals surface area contributed by atoms with Crippen LogP contribution in [-0.2, 0) is 0 Å². The van der Waals surface area contributed by atoms with E-state index >= 15 is 0 Å². The molecule has 0 aliphatic carbocycles. The highest BCUT2D eigenvalue weighted by Crippen LogP contribution is 2.37. The minimum atomic E-state index is 0.839. The maximum absolute atomic E-state index is 5.03. The smallest absolute Gasteiger partial charge is 0.163 e. The van der Waals surface area contributed by atoms with Gasteiger partial charge in [-0.15, -0.1) is 0 Å². The van der Waals surface area contributed by atoms with Gasteiger partial charge in [0.2, 0.25) is 0 Å². The van der Waals surface area contributed by atoms with Crippen LogP contribution in [0, 0.1) is 0 Å². The molecule has 0 unspecified atom stereocenters. The first kappa shape index (κ1) is 18.6. The van der Waals surface area contributed by atoms with Crippen LogP contribution in [0.3, 0.4) is 0 Å². The van der Waals surface area contributed by atoms with E-state index in [9.17, 15) is 0 Å². The maximum atomic E-state index is 5.03. The summed E-state index contributed by atoms with van der Waals surface area (Å²) in [5, 5.41) is 7.70. The molecule has 4 heterocycles. The largest absolute Gasteiger partial charge is 0.298 e. The number of benzene rings is 4. The number of hydrogen-bond acceptors (Lipinski definition) is 3. The van der Waals surface area contributed by atoms with Gasteiger partial charge in [0, 0.05) is 24.2 Å². The summed E-state index contributed by atoms with van der Waals surface area (Å²) in [6.07, 6.45) is 5.79. The van der Waals surface area contributed by atoms with Crippen LogP contribution in [0.25, 0.3) is 71.5 Å². The normalized spacial score (nSPS) is 12.0. The molecule has 0 saturated heterocycles. The van der Waals surface area contributed by atoms with Gasteiger partial charge >= 0.3 is 0 Å². The summed E-state index contributed by atoms with van der Waals surface area (Å²) in [6, 6.07) is 32.1. The minimum Gasteiger partial charge on any atom is -0.298 e. The molecule has 4 aromatic heterocycles. The highest BCUT2D eigenvalue weighted by atomic mass is 15.0. The van der Waals surface area contributed by atoms with Crippen LogP contribution in [0.5, 0.6) is 0 Å². The molecular formula is C31H18N4. The third-order valence-electron chi connectivity index (χ3n) is 7.00. The molecule has 0 atom stereocenters. The second-order valence-electron chi connectivity index (χ2n) is 9.01. The van der Waals surface area contributed by atoms with Gasteiger partial charge in [-0.3, -0.25) is 9.38 Å². The van der Waals surface area contributed by atoms with Crippen molar-refractivity contribution < 1.29 is 0 Å². The van der Waals surface area contributed by atoms with E-state index in [4.69, 9.17) is 9.97 Å². The SMILES string of the molecule is c1ccc(-c2nc3cc(-c4cc5ccc6cccc7ccc(c4)c5c67)cnc3n3cccc23)nc1. The average molecular weight is 447 g/mol. The van der Waals surface area contributed by atoms with Crippen LogP contribution >= 0.6 is 0 Å². The van der Waals surface area contributed by atoms with Gasteiger partial charge in [0.1, 0.15) is 11.2 Å². The summed E-state index contributed by atoms with van der Waals surface area (Å²) in [7, 11) is 0. The van der Waals surface area contributed by atoms with Gasteiger partial charge < -0.3 is 0 Å². The summed E-state index contributed by atoms with van der Waals surface area (Å²) in [4.78, 5) is 14.4. The Morgan fingerprint density at radius 1 is 0.600 bits per heavy atom. The van der Waals surface area contributed by atoms with E-state index in [1.165, 1.54) is 32.3 Å². The predicted molar refractivity (Wildman–Crippen MR) is 143 cm³/mol. The molecule has 0 aliphatic heterocycles. The van der Waals surface area contributed by atoms with Gasteiger partial charge in [-0.1, -0.05) is 48.5 Å². The first-order valence-corrected chi connectivity index (χ1v) is 11.7. The van der Waals surface area contributed by atoms with Gasteiger partial charge in [0.25, 0.3) is 0 Å². The number of fused-ring (bicyclic) bond motifs is 3. The molecule has 4 heteroatoms. The highest BCUT2D eigenvalue weighted by Gasteiger charge is 2.14. The Bertz CT molecular complexity index is 1990. The van der Waals surface area contributed by atoms with Crippen molar-refractivity contribution in [2.45, 2.75) is 0 Å². The van der Waals surface area contributed by atoms with E-state index in [0.29, 0.717) is 0 Å². The number of aromatic nitrogens is 4. The first-order valence-electron chi connectivity index (χ1n) is 11.7. The molecule has 8 rings (SSSR count). The molecule has 0 spiro atoms. The molecule has 4 aromatic carbocycles. The van der Waals surface area contributed by atoms with Crippen molar-refractivity contribution in [1.82, 2.24) is 19.4 Å². The molecule has 0 bridgehead atoms. The van der Waals surface area contributed by atoms with E-state index in [1.54, 1.807) is 6.20 Å². The Labute approximate surface area is 200 Å². The molecule has 8 aromatic rings. The summed E-state index contributed by atoms with van der Waals surface area (Å²) in [6.45, 7) is 0. The zero-order valence-electron chi connectivity index (χ0n) is 18.7. The van der Waals surface area contributed by atoms with Crippen molar-refractivity contribution >= 4 is 49.0 Å². The Balaban J connectivity index is 1.38. The van der Waals surface area contributed by atoms with Gasteiger partial charge in [0.15, 0.2) is 5.65 Å². The zero-order valence-corrected chi connectivity index (χ0v) is 18.7. The topological polar surface area (TPSA) is 43.1 Å². The lowest BCUT2D eigenvalue weighted by atomic mass is 9.92. The Morgan fingerprint density at radius 2 is 1.37 bits per heavy atom. The van der Waals surface area contributed by atoms with Crippen LogP contribution in [-0.4, -0.2) is 19.4 Å². The number of rotatable bonds is 2. The lowest BCUT2D eigenvalue weighted by Crippen LogP contribution is -1.98. The molecule has 35 heavy (non-hydrogen) atoms. The second kappa shape index (κ2) is 6.84. The molecule has 4 nitrogen and oxygen atoms in total. The minimum absolute atomic E-state index is 0.839. The van der Waals surface area contributed by atoms with Gasteiger partial charge in [-0.05, 0) is 80.3 Å². The van der Waals surface area contributed by atoms with Crippen LogP contribution in [0.2, 0.25) is 0 Å². The summed E-state index contributed by atoms with van der Waals surface area (Å²) in [5.41, 5.74) is 6.58. The second-order valence-corrected chi connectivity index (χ2v) is 9.01. The first-order chi connectivity index (χ1) is 17.3. The van der Waals surface area contributed by atoms with E-state index in [2.05, 4.69) is 76.1 Å². The molecule has 0 radical (unpaired) electrons. The van der Waals surface area contributed by atoms with Gasteiger partial charge in [-0.25, -0.2) is 9.97 Å². The summed E-state index contributed by atoms with van der Waals surface area (Å²) >= 11 is 0. The molecule has 162 valence electrons. The van der Waals surface area contributed by atoms with Crippen molar-refractivity contribution in [3.63, 3.8) is 0 Å². The van der Waals surface area contributed by atoms with Crippen LogP contribution < -0.4 is 0 Å². The third kappa shape index (κ3) is 2.65. The fraction of sp³-hybridized carbons (Fsp3) is 0. The Morgan fingerprint density at radius 3 is 2.14 bits per heavy atom. The molecule has 0 aliphatic rings. The van der Waals surface area contributed by atoms with Crippen molar-refractivity contribution in [2.75, 3.05) is 0 Å². The van der Waals surface area contributed by atoms with Crippen LogP contribution in [0.4, 0.5) is 0 Å². The average Bonchev–Trinajstić information content (AvgIpc) is 3.42. The van der Waals surface area contributed by atoms with Gasteiger partial charge in [0.05, 0.1) is 11.2 Å². The number of pyridine rings is 2. The van der Waals surface area contributed by atoms with Crippen molar-refractivity contribution in [2.24, 2.45) is 0 Å². The summed E-state index contributed by atoms with van der Waals surface area (Å²) in [5.74, 6) is 0. The Kier molecular flexibility index (Phi) is 3.63. The number of nitrogens with zero attached hydrogens (tertiary/aromatic N) is 4. The van der Waals surface area contributed by atoms with Crippen molar-refractivity contribution in [3.05, 3.63) is 110 Å². The fourth-order valence-corrected chi connectivity index (χ4v) is 5.42. The standard InChI is InChI=1S/C31H18N4/c1-2-13-32-25(7-1)30-27-8-4-14-35(27)31-26(34-30)17-24(18-33-31)23-15-21-11-9-19-5-3-6-20-10-12-22(16-23)29(21)28(19)20/h1-18H. The lowest BCUT2D eigenvalue weighted by Gasteiger charge is -2.13. The quantitative estimate of drug-likeness (QED) is 0.258. The summed E-state index contributed by atoms with van der Waals surface area (Å²) < 4.78 is 2.09. The van der Waals surface area contributed by atoms with Crippen LogP contribution in [0.15, 0.2) is 110 Å². The maximum Gasteiger partial charge on any atom is 0.163 e. The van der Waals surface area contributed by atoms with Gasteiger partial charge in [-0.2, -0.15) is 0 Å². The molecule has 0 saturated carbocycles. The van der Waals surface area contributed by atoms with Crippen molar-refractivity contribution in [1.29, 1.82) is 0 Å². The third-order valence-corrected chi connectivity index (χ3v) is 7.00. The van der Waals surface area contributed by atoms with E-state index in [1.807, 2.05) is 36.7 Å². The molecule has 0 fully saturated rings. The Hall–Kier alpha value is -4.83.